The highest BCUT2D eigenvalue weighted by Gasteiger charge is 2.34. The summed E-state index contributed by atoms with van der Waals surface area (Å²) >= 11 is 5.63. The first kappa shape index (κ1) is 25.1. The van der Waals surface area contributed by atoms with Gasteiger partial charge in [0, 0.05) is 25.2 Å². The molecule has 1 aliphatic heterocycles. The van der Waals surface area contributed by atoms with Gasteiger partial charge in [-0.1, -0.05) is 19.1 Å². The molecule has 2 unspecified atom stereocenters. The van der Waals surface area contributed by atoms with E-state index in [0.29, 0.717) is 5.11 Å². The zero-order valence-corrected chi connectivity index (χ0v) is 21.4. The number of nitrogens with zero attached hydrogens (tertiary/aromatic N) is 1. The molecule has 2 aromatic rings. The second-order valence-corrected chi connectivity index (χ2v) is 9.12. The molecule has 2 atom stereocenters. The number of hydrogen-bond donors (Lipinski definition) is 2. The van der Waals surface area contributed by atoms with Crippen LogP contribution in [0.5, 0.6) is 17.2 Å². The van der Waals surface area contributed by atoms with Gasteiger partial charge in [-0.3, -0.25) is 4.90 Å². The molecule has 0 saturated heterocycles. The van der Waals surface area contributed by atoms with Gasteiger partial charge in [0.15, 0.2) is 16.6 Å². The molecule has 1 aliphatic rings. The maximum atomic E-state index is 5.66. The van der Waals surface area contributed by atoms with Crippen molar-refractivity contribution in [3.05, 3.63) is 53.1 Å². The topological polar surface area (TPSA) is 55.0 Å². The summed E-state index contributed by atoms with van der Waals surface area (Å²) in [5, 5.41) is 7.61. The van der Waals surface area contributed by atoms with Gasteiger partial charge in [-0.25, -0.2) is 0 Å². The number of rotatable bonds is 9. The van der Waals surface area contributed by atoms with Crippen LogP contribution in [0.25, 0.3) is 0 Å². The molecule has 0 spiro atoms. The minimum atomic E-state index is 0.122. The standard InChI is InChI=1S/C26H37N3O3S/c1-7-22(28-26(33)27-17(2)3)25-21-15-24(32-6)23(31-5)14-19(21)11-12-29(25)16-18-9-8-10-20(13-18)30-4/h8-10,13-15,17,22,25H,7,11-12,16H2,1-6H3,(H2,27,28,33). The summed E-state index contributed by atoms with van der Waals surface area (Å²) in [6.45, 7) is 8.15. The SMILES string of the molecule is CCC(NC(=S)NC(C)C)C1c2cc(OC)c(OC)cc2CCN1Cc1cccc(OC)c1. The van der Waals surface area contributed by atoms with Crippen molar-refractivity contribution in [3.8, 4) is 17.2 Å². The third-order valence-corrected chi connectivity index (χ3v) is 6.34. The van der Waals surface area contributed by atoms with E-state index in [9.17, 15) is 0 Å². The summed E-state index contributed by atoms with van der Waals surface area (Å²) in [4.78, 5) is 2.53. The third-order valence-electron chi connectivity index (χ3n) is 6.10. The monoisotopic (exact) mass is 471 g/mol. The number of ether oxygens (including phenoxy) is 3. The molecule has 0 aliphatic carbocycles. The summed E-state index contributed by atoms with van der Waals surface area (Å²) in [6, 6.07) is 13.1. The van der Waals surface area contributed by atoms with E-state index in [0.717, 1.165) is 43.2 Å². The highest BCUT2D eigenvalue weighted by Crippen LogP contribution is 2.40. The van der Waals surface area contributed by atoms with Crippen LogP contribution >= 0.6 is 12.2 Å². The van der Waals surface area contributed by atoms with E-state index in [-0.39, 0.29) is 18.1 Å². The average Bonchev–Trinajstić information content (AvgIpc) is 2.81. The van der Waals surface area contributed by atoms with Gasteiger partial charge in [-0.05, 0) is 79.9 Å². The fourth-order valence-corrected chi connectivity index (χ4v) is 4.95. The lowest BCUT2D eigenvalue weighted by Crippen LogP contribution is -2.51. The van der Waals surface area contributed by atoms with E-state index in [4.69, 9.17) is 26.4 Å². The van der Waals surface area contributed by atoms with Crippen LogP contribution in [-0.4, -0.2) is 50.0 Å². The van der Waals surface area contributed by atoms with Crippen molar-refractivity contribution in [2.75, 3.05) is 27.9 Å². The van der Waals surface area contributed by atoms with Gasteiger partial charge in [0.2, 0.25) is 0 Å². The Labute approximate surface area is 203 Å². The number of fused-ring (bicyclic) bond motifs is 1. The van der Waals surface area contributed by atoms with Crippen molar-refractivity contribution in [1.82, 2.24) is 15.5 Å². The van der Waals surface area contributed by atoms with E-state index in [1.165, 1.54) is 16.7 Å². The van der Waals surface area contributed by atoms with Crippen LogP contribution in [0.3, 0.4) is 0 Å². The normalized spacial score (nSPS) is 16.6. The molecule has 0 amide bonds. The van der Waals surface area contributed by atoms with E-state index >= 15 is 0 Å². The van der Waals surface area contributed by atoms with Gasteiger partial charge in [0.25, 0.3) is 0 Å². The first-order chi connectivity index (χ1) is 15.9. The van der Waals surface area contributed by atoms with E-state index in [1.807, 2.05) is 12.1 Å². The Hall–Kier alpha value is -2.51. The van der Waals surface area contributed by atoms with Gasteiger partial charge in [-0.2, -0.15) is 0 Å². The third kappa shape index (κ3) is 6.09. The van der Waals surface area contributed by atoms with Crippen LogP contribution in [0.4, 0.5) is 0 Å². The second kappa shape index (κ2) is 11.6. The van der Waals surface area contributed by atoms with Gasteiger partial charge in [0.05, 0.1) is 27.4 Å². The summed E-state index contributed by atoms with van der Waals surface area (Å²) in [6.07, 6.45) is 1.87. The van der Waals surface area contributed by atoms with Crippen molar-refractivity contribution in [2.45, 2.75) is 58.3 Å². The lowest BCUT2D eigenvalue weighted by molar-refractivity contribution is 0.141. The number of hydrogen-bond acceptors (Lipinski definition) is 5. The summed E-state index contributed by atoms with van der Waals surface area (Å²) in [5.74, 6) is 2.40. The first-order valence-corrected chi connectivity index (χ1v) is 12.0. The maximum Gasteiger partial charge on any atom is 0.166 e. The van der Waals surface area contributed by atoms with Gasteiger partial charge >= 0.3 is 0 Å². The van der Waals surface area contributed by atoms with Crippen molar-refractivity contribution >= 4 is 17.3 Å². The Morgan fingerprint density at radius 2 is 1.79 bits per heavy atom. The van der Waals surface area contributed by atoms with Gasteiger partial charge < -0.3 is 24.8 Å². The fraction of sp³-hybridized carbons (Fsp3) is 0.500. The molecule has 2 aromatic carbocycles. The van der Waals surface area contributed by atoms with Crippen molar-refractivity contribution < 1.29 is 14.2 Å². The van der Waals surface area contributed by atoms with Crippen LogP contribution in [0, 0.1) is 0 Å². The quantitative estimate of drug-likeness (QED) is 0.524. The minimum Gasteiger partial charge on any atom is -0.497 e. The second-order valence-electron chi connectivity index (χ2n) is 8.71. The molecule has 0 fully saturated rings. The minimum absolute atomic E-state index is 0.122. The molecular weight excluding hydrogens is 434 g/mol. The molecule has 0 saturated carbocycles. The Kier molecular flexibility index (Phi) is 8.80. The van der Waals surface area contributed by atoms with Gasteiger partial charge in [-0.15, -0.1) is 0 Å². The lowest BCUT2D eigenvalue weighted by Gasteiger charge is -2.42. The summed E-state index contributed by atoms with van der Waals surface area (Å²) < 4.78 is 16.7. The maximum absolute atomic E-state index is 5.66. The molecule has 7 heteroatoms. The number of nitrogens with one attached hydrogen (secondary N) is 2. The molecule has 180 valence electrons. The predicted octanol–water partition coefficient (Wildman–Crippen LogP) is 4.46. The Balaban J connectivity index is 2.00. The van der Waals surface area contributed by atoms with Crippen molar-refractivity contribution in [3.63, 3.8) is 0 Å². The van der Waals surface area contributed by atoms with Crippen molar-refractivity contribution in [1.29, 1.82) is 0 Å². The Bertz CT molecular complexity index is 950. The van der Waals surface area contributed by atoms with Crippen LogP contribution < -0.4 is 24.8 Å². The molecule has 0 bridgehead atoms. The molecule has 33 heavy (non-hydrogen) atoms. The molecule has 6 nitrogen and oxygen atoms in total. The highest BCUT2D eigenvalue weighted by molar-refractivity contribution is 7.80. The molecule has 3 rings (SSSR count). The zero-order valence-electron chi connectivity index (χ0n) is 20.6. The average molecular weight is 472 g/mol. The molecule has 0 radical (unpaired) electrons. The lowest BCUT2D eigenvalue weighted by atomic mass is 9.86. The van der Waals surface area contributed by atoms with Crippen molar-refractivity contribution in [2.24, 2.45) is 0 Å². The van der Waals surface area contributed by atoms with Gasteiger partial charge in [0.1, 0.15) is 5.75 Å². The van der Waals surface area contributed by atoms with E-state index in [1.54, 1.807) is 21.3 Å². The summed E-state index contributed by atoms with van der Waals surface area (Å²) in [5.41, 5.74) is 3.78. The molecular formula is C26H37N3O3S. The van der Waals surface area contributed by atoms with Crippen LogP contribution in [0.2, 0.25) is 0 Å². The fourth-order valence-electron chi connectivity index (χ4n) is 4.56. The smallest absolute Gasteiger partial charge is 0.166 e. The van der Waals surface area contributed by atoms with E-state index in [2.05, 4.69) is 60.6 Å². The number of benzene rings is 2. The molecule has 0 aromatic heterocycles. The highest BCUT2D eigenvalue weighted by atomic mass is 32.1. The van der Waals surface area contributed by atoms with Crippen LogP contribution in [-0.2, 0) is 13.0 Å². The number of methoxy groups -OCH3 is 3. The molecule has 1 heterocycles. The Morgan fingerprint density at radius 3 is 2.42 bits per heavy atom. The van der Waals surface area contributed by atoms with E-state index < -0.39 is 0 Å². The first-order valence-electron chi connectivity index (χ1n) is 11.6. The van der Waals surface area contributed by atoms with Crippen LogP contribution in [0.1, 0.15) is 49.9 Å². The predicted molar refractivity (Wildman–Crippen MR) is 137 cm³/mol. The van der Waals surface area contributed by atoms with Crippen LogP contribution in [0.15, 0.2) is 36.4 Å². The zero-order chi connectivity index (χ0) is 24.0. The number of thiocarbonyl (C=S) groups is 1. The summed E-state index contributed by atoms with van der Waals surface area (Å²) in [7, 11) is 5.08. The Morgan fingerprint density at radius 1 is 1.06 bits per heavy atom. The molecule has 2 N–H and O–H groups in total. The largest absolute Gasteiger partial charge is 0.497 e.